The summed E-state index contributed by atoms with van der Waals surface area (Å²) in [4.78, 5) is 0. The fourth-order valence-corrected chi connectivity index (χ4v) is 8.79. The Labute approximate surface area is 215 Å². The molecule has 0 aromatic heterocycles. The normalized spacial score (nSPS) is 38.1. The van der Waals surface area contributed by atoms with Gasteiger partial charge in [0.25, 0.3) is 0 Å². The summed E-state index contributed by atoms with van der Waals surface area (Å²) in [5.41, 5.74) is 9.08. The van der Waals surface area contributed by atoms with E-state index in [9.17, 15) is 0 Å². The Kier molecular flexibility index (Phi) is 3.34. The number of fused-ring (bicyclic) bond motifs is 20. The van der Waals surface area contributed by atoms with E-state index in [1.54, 1.807) is 0 Å². The van der Waals surface area contributed by atoms with Crippen LogP contribution in [0.4, 0.5) is 0 Å². The fourth-order valence-electron chi connectivity index (χ4n) is 8.79. The lowest BCUT2D eigenvalue weighted by Gasteiger charge is -2.42. The molecule has 10 rings (SSSR count). The van der Waals surface area contributed by atoms with Crippen LogP contribution in [0.3, 0.4) is 0 Å². The van der Waals surface area contributed by atoms with Crippen molar-refractivity contribution in [1.82, 2.24) is 0 Å². The van der Waals surface area contributed by atoms with Gasteiger partial charge in [-0.25, -0.2) is 0 Å². The van der Waals surface area contributed by atoms with Crippen molar-refractivity contribution in [3.8, 4) is 0 Å². The van der Waals surface area contributed by atoms with Crippen molar-refractivity contribution in [3.63, 3.8) is 0 Å². The third kappa shape index (κ3) is 2.01. The summed E-state index contributed by atoms with van der Waals surface area (Å²) in [7, 11) is 0. The van der Waals surface area contributed by atoms with Gasteiger partial charge in [0.2, 0.25) is 0 Å². The number of benzene rings is 4. The largest absolute Gasteiger partial charge is 0.365 e. The first-order valence-electron chi connectivity index (χ1n) is 13.4. The van der Waals surface area contributed by atoms with E-state index in [1.165, 1.54) is 44.5 Å². The molecule has 6 aliphatic rings. The van der Waals surface area contributed by atoms with Crippen LogP contribution >= 0.6 is 0 Å². The van der Waals surface area contributed by atoms with Gasteiger partial charge in [0.1, 0.15) is 23.4 Å². The van der Waals surface area contributed by atoms with E-state index >= 15 is 0 Å². The first-order chi connectivity index (χ1) is 18.3. The summed E-state index contributed by atoms with van der Waals surface area (Å²) in [5.74, 6) is 0.353. The average molecular weight is 481 g/mol. The van der Waals surface area contributed by atoms with Crippen LogP contribution in [-0.2, 0) is 25.4 Å². The molecule has 4 aromatic carbocycles. The molecule has 0 aliphatic carbocycles. The second-order valence-corrected chi connectivity index (χ2v) is 11.4. The molecule has 0 radical (unpaired) electrons. The van der Waals surface area contributed by atoms with E-state index in [2.05, 4.69) is 109 Å². The Bertz CT molecular complexity index is 1540. The molecule has 4 aromatic rings. The van der Waals surface area contributed by atoms with Gasteiger partial charge in [0, 0.05) is 11.8 Å². The summed E-state index contributed by atoms with van der Waals surface area (Å²) in [6.07, 6.45) is 4.50. The van der Waals surface area contributed by atoms with Crippen LogP contribution in [0.1, 0.15) is 68.9 Å². The molecule has 6 aliphatic heterocycles. The zero-order valence-electron chi connectivity index (χ0n) is 20.1. The van der Waals surface area contributed by atoms with E-state index in [-0.39, 0.29) is 36.3 Å². The van der Waals surface area contributed by atoms with E-state index < -0.39 is 11.2 Å². The molecular weight excluding hydrogens is 456 g/mol. The zero-order valence-corrected chi connectivity index (χ0v) is 20.1. The maximum Gasteiger partial charge on any atom is 0.126 e. The number of ether oxygens (including phenoxy) is 3. The molecule has 178 valence electrons. The Hall–Kier alpha value is -3.50. The Balaban J connectivity index is 1.34. The lowest BCUT2D eigenvalue weighted by molar-refractivity contribution is -0.102. The maximum atomic E-state index is 7.70. The highest BCUT2D eigenvalue weighted by molar-refractivity contribution is 5.64. The Morgan fingerprint density at radius 2 is 0.946 bits per heavy atom. The molecule has 37 heavy (non-hydrogen) atoms. The second-order valence-electron chi connectivity index (χ2n) is 11.4. The third-order valence-electron chi connectivity index (χ3n) is 10.00. The molecule has 6 bridgehead atoms. The monoisotopic (exact) mass is 480 g/mol. The number of rotatable bonds is 2. The van der Waals surface area contributed by atoms with E-state index in [1.807, 2.05) is 0 Å². The highest BCUT2D eigenvalue weighted by Crippen LogP contribution is 2.79. The van der Waals surface area contributed by atoms with Crippen LogP contribution in [0.2, 0.25) is 0 Å². The predicted molar refractivity (Wildman–Crippen MR) is 138 cm³/mol. The smallest absolute Gasteiger partial charge is 0.126 e. The van der Waals surface area contributed by atoms with Gasteiger partial charge in [-0.05, 0) is 56.6 Å². The first-order valence-corrected chi connectivity index (χ1v) is 13.4. The zero-order chi connectivity index (χ0) is 23.9. The number of hydrogen-bond acceptors (Lipinski definition) is 3. The first kappa shape index (κ1) is 19.6. The molecule has 0 amide bonds. The molecule has 3 nitrogen and oxygen atoms in total. The predicted octanol–water partition coefficient (Wildman–Crippen LogP) is 6.96. The fraction of sp³-hybridized carbons (Fsp3) is 0.235. The molecule has 8 atom stereocenters. The Morgan fingerprint density at radius 3 is 1.43 bits per heavy atom. The van der Waals surface area contributed by atoms with Crippen molar-refractivity contribution in [2.45, 2.75) is 35.6 Å². The lowest BCUT2D eigenvalue weighted by Crippen LogP contribution is -2.43. The van der Waals surface area contributed by atoms with Crippen LogP contribution in [-0.4, -0.2) is 0 Å². The molecular formula is C34H24O3. The second kappa shape index (κ2) is 6.31. The topological polar surface area (TPSA) is 27.7 Å². The molecule has 0 N–H and O–H groups in total. The van der Waals surface area contributed by atoms with Crippen LogP contribution in [0, 0.1) is 11.8 Å². The highest BCUT2D eigenvalue weighted by Gasteiger charge is 2.78. The number of hydrogen-bond donors (Lipinski definition) is 0. The molecule has 2 saturated heterocycles. The van der Waals surface area contributed by atoms with Gasteiger partial charge in [-0.2, -0.15) is 0 Å². The van der Waals surface area contributed by atoms with Gasteiger partial charge in [0.15, 0.2) is 0 Å². The molecule has 0 spiro atoms. The SMILES string of the molecule is C1=CC2OC1c1cc3c(cc12)[C@]1(c2ccccc2)O[C@@]3(c2ccccc2)[C@@H]2[C@H]1[C@@H]1O[C@H]2c2ccccc21. The Morgan fingerprint density at radius 1 is 0.486 bits per heavy atom. The van der Waals surface area contributed by atoms with Crippen molar-refractivity contribution in [2.75, 3.05) is 0 Å². The van der Waals surface area contributed by atoms with Crippen LogP contribution in [0.25, 0.3) is 0 Å². The van der Waals surface area contributed by atoms with Crippen LogP contribution in [0.5, 0.6) is 0 Å². The van der Waals surface area contributed by atoms with Crippen molar-refractivity contribution < 1.29 is 14.2 Å². The standard InChI is InChI=1S/C34H24O3/c1-3-9-19(10-4-1)33-25-17-23-24(28-16-15-27(23)35-28)18-26(25)34(37-33,20-11-5-2-6-12-20)30-29(33)31-21-13-7-8-14-22(21)32(30)36-31/h1-18,27-32H/t27?,28?,29-,30+,31+,32-,33-,34+. The van der Waals surface area contributed by atoms with Crippen LogP contribution in [0.15, 0.2) is 109 Å². The average Bonchev–Trinajstić information content (AvgIpc) is 3.80. The van der Waals surface area contributed by atoms with Gasteiger partial charge in [-0.1, -0.05) is 97.1 Å². The van der Waals surface area contributed by atoms with Gasteiger partial charge in [-0.15, -0.1) is 0 Å². The van der Waals surface area contributed by atoms with Crippen molar-refractivity contribution in [1.29, 1.82) is 0 Å². The van der Waals surface area contributed by atoms with Crippen molar-refractivity contribution >= 4 is 0 Å². The van der Waals surface area contributed by atoms with Gasteiger partial charge < -0.3 is 14.2 Å². The van der Waals surface area contributed by atoms with E-state index in [0.717, 1.165) is 0 Å². The van der Waals surface area contributed by atoms with Crippen molar-refractivity contribution in [3.05, 3.63) is 154 Å². The minimum atomic E-state index is -0.593. The van der Waals surface area contributed by atoms with Gasteiger partial charge in [-0.3, -0.25) is 0 Å². The summed E-state index contributed by atoms with van der Waals surface area (Å²) < 4.78 is 21.0. The molecule has 3 heteroatoms. The summed E-state index contributed by atoms with van der Waals surface area (Å²) in [5, 5.41) is 0. The molecule has 6 heterocycles. The van der Waals surface area contributed by atoms with E-state index in [4.69, 9.17) is 14.2 Å². The minimum Gasteiger partial charge on any atom is -0.365 e. The van der Waals surface area contributed by atoms with Gasteiger partial charge in [0.05, 0.1) is 12.2 Å². The lowest BCUT2D eigenvalue weighted by atomic mass is 9.55. The van der Waals surface area contributed by atoms with E-state index in [0.29, 0.717) is 0 Å². The molecule has 2 unspecified atom stereocenters. The quantitative estimate of drug-likeness (QED) is 0.290. The minimum absolute atomic E-state index is 0.00555. The highest BCUT2D eigenvalue weighted by atomic mass is 16.6. The molecule has 0 saturated carbocycles. The van der Waals surface area contributed by atoms with Gasteiger partial charge >= 0.3 is 0 Å². The third-order valence-corrected chi connectivity index (χ3v) is 10.00. The maximum absolute atomic E-state index is 7.70. The summed E-state index contributed by atoms with van der Waals surface area (Å²) >= 11 is 0. The summed E-state index contributed by atoms with van der Waals surface area (Å²) in [6, 6.07) is 35.4. The van der Waals surface area contributed by atoms with Crippen molar-refractivity contribution in [2.24, 2.45) is 11.8 Å². The molecule has 2 fully saturated rings. The van der Waals surface area contributed by atoms with Crippen LogP contribution < -0.4 is 0 Å². The summed E-state index contributed by atoms with van der Waals surface area (Å²) in [6.45, 7) is 0.